The second kappa shape index (κ2) is 10.8. The Balaban J connectivity index is 2.35. The number of guanidine groups is 1. The lowest BCUT2D eigenvalue weighted by Gasteiger charge is -2.24. The van der Waals surface area contributed by atoms with Crippen molar-refractivity contribution in [3.05, 3.63) is 35.4 Å². The highest BCUT2D eigenvalue weighted by molar-refractivity contribution is 5.84. The Morgan fingerprint density at radius 2 is 1.77 bits per heavy atom. The van der Waals surface area contributed by atoms with Crippen LogP contribution in [0.5, 0.6) is 0 Å². The quantitative estimate of drug-likeness (QED) is 0.360. The van der Waals surface area contributed by atoms with Crippen LogP contribution in [0.3, 0.4) is 0 Å². The molecular formula is C21H36N4O. The molecule has 5 nitrogen and oxygen atoms in total. The maximum Gasteiger partial charge on any atom is 0.227 e. The monoisotopic (exact) mass is 360 g/mol. The molecular weight excluding hydrogens is 324 g/mol. The van der Waals surface area contributed by atoms with Crippen LogP contribution >= 0.6 is 0 Å². The second-order valence-electron chi connectivity index (χ2n) is 7.60. The van der Waals surface area contributed by atoms with Gasteiger partial charge in [0, 0.05) is 26.7 Å². The van der Waals surface area contributed by atoms with Crippen LogP contribution in [0.1, 0.15) is 58.1 Å². The van der Waals surface area contributed by atoms with Gasteiger partial charge in [-0.15, -0.1) is 0 Å². The van der Waals surface area contributed by atoms with Gasteiger partial charge in [-0.2, -0.15) is 0 Å². The number of carbonyl (C=O) groups excluding carboxylic acids is 1. The molecule has 5 heteroatoms. The SMILES string of the molecule is CCNC(=O)C(C)(C)CNC(=NC)NCCCc1ccc(C(C)C)cc1. The minimum absolute atomic E-state index is 0.0489. The van der Waals surface area contributed by atoms with Gasteiger partial charge >= 0.3 is 0 Å². The predicted octanol–water partition coefficient (Wildman–Crippen LogP) is 3.07. The molecule has 3 N–H and O–H groups in total. The Morgan fingerprint density at radius 3 is 2.31 bits per heavy atom. The lowest BCUT2D eigenvalue weighted by Crippen LogP contribution is -2.48. The molecule has 146 valence electrons. The summed E-state index contributed by atoms with van der Waals surface area (Å²) in [6, 6.07) is 8.88. The van der Waals surface area contributed by atoms with Gasteiger partial charge in [-0.3, -0.25) is 9.79 Å². The summed E-state index contributed by atoms with van der Waals surface area (Å²) in [7, 11) is 1.75. The number of nitrogens with one attached hydrogen (secondary N) is 3. The van der Waals surface area contributed by atoms with Crippen molar-refractivity contribution in [3.63, 3.8) is 0 Å². The molecule has 0 radical (unpaired) electrons. The number of nitrogens with zero attached hydrogens (tertiary/aromatic N) is 1. The zero-order valence-electron chi connectivity index (χ0n) is 17.3. The van der Waals surface area contributed by atoms with Crippen LogP contribution in [0.2, 0.25) is 0 Å². The van der Waals surface area contributed by atoms with E-state index in [1.165, 1.54) is 11.1 Å². The van der Waals surface area contributed by atoms with E-state index in [4.69, 9.17) is 0 Å². The van der Waals surface area contributed by atoms with Gasteiger partial charge in [0.15, 0.2) is 5.96 Å². The predicted molar refractivity (Wildman–Crippen MR) is 111 cm³/mol. The molecule has 0 bridgehead atoms. The average Bonchev–Trinajstić information content (AvgIpc) is 2.61. The summed E-state index contributed by atoms with van der Waals surface area (Å²) in [6.07, 6.45) is 2.06. The number of carbonyl (C=O) groups is 1. The highest BCUT2D eigenvalue weighted by Gasteiger charge is 2.27. The molecule has 0 saturated carbocycles. The van der Waals surface area contributed by atoms with E-state index < -0.39 is 5.41 Å². The summed E-state index contributed by atoms with van der Waals surface area (Å²) in [5.41, 5.74) is 2.26. The van der Waals surface area contributed by atoms with Gasteiger partial charge in [-0.05, 0) is 50.7 Å². The molecule has 1 amide bonds. The van der Waals surface area contributed by atoms with Crippen LogP contribution < -0.4 is 16.0 Å². The molecule has 0 aliphatic carbocycles. The fourth-order valence-corrected chi connectivity index (χ4v) is 2.57. The van der Waals surface area contributed by atoms with E-state index in [1.54, 1.807) is 7.05 Å². The molecule has 0 unspecified atom stereocenters. The molecule has 0 aliphatic heterocycles. The zero-order chi connectivity index (χ0) is 19.6. The van der Waals surface area contributed by atoms with E-state index in [1.807, 2.05) is 20.8 Å². The lowest BCUT2D eigenvalue weighted by atomic mass is 9.92. The Hall–Kier alpha value is -2.04. The van der Waals surface area contributed by atoms with Crippen LogP contribution in [0.4, 0.5) is 0 Å². The Morgan fingerprint density at radius 1 is 1.12 bits per heavy atom. The molecule has 0 fully saturated rings. The summed E-state index contributed by atoms with van der Waals surface area (Å²) in [6.45, 7) is 12.2. The molecule has 1 aromatic rings. The second-order valence-corrected chi connectivity index (χ2v) is 7.60. The van der Waals surface area contributed by atoms with Gasteiger partial charge in [-0.25, -0.2) is 0 Å². The molecule has 0 spiro atoms. The van der Waals surface area contributed by atoms with Crippen molar-refractivity contribution in [2.75, 3.05) is 26.7 Å². The first kappa shape index (κ1) is 22.0. The topological polar surface area (TPSA) is 65.5 Å². The number of hydrogen-bond acceptors (Lipinski definition) is 2. The van der Waals surface area contributed by atoms with Gasteiger partial charge in [0.2, 0.25) is 5.91 Å². The number of amides is 1. The molecule has 0 saturated heterocycles. The summed E-state index contributed by atoms with van der Waals surface area (Å²) in [5.74, 6) is 1.36. The number of rotatable bonds is 9. The molecule has 1 rings (SSSR count). The van der Waals surface area contributed by atoms with Crippen molar-refractivity contribution in [3.8, 4) is 0 Å². The number of aliphatic imine (C=N–C) groups is 1. The third-order valence-corrected chi connectivity index (χ3v) is 4.45. The Kier molecular flexibility index (Phi) is 9.17. The molecule has 0 aromatic heterocycles. The summed E-state index contributed by atoms with van der Waals surface area (Å²) in [4.78, 5) is 16.3. The fourth-order valence-electron chi connectivity index (χ4n) is 2.57. The van der Waals surface area contributed by atoms with Crippen LogP contribution in [0, 0.1) is 5.41 Å². The number of aryl methyl sites for hydroxylation is 1. The third kappa shape index (κ3) is 7.46. The smallest absolute Gasteiger partial charge is 0.227 e. The van der Waals surface area contributed by atoms with E-state index in [0.717, 1.165) is 25.3 Å². The minimum atomic E-state index is -0.480. The highest BCUT2D eigenvalue weighted by atomic mass is 16.2. The van der Waals surface area contributed by atoms with Gasteiger partial charge in [0.25, 0.3) is 0 Å². The van der Waals surface area contributed by atoms with Crippen LogP contribution in [0.25, 0.3) is 0 Å². The standard InChI is InChI=1S/C21H36N4O/c1-7-23-19(26)21(4,5)15-25-20(22-6)24-14-8-9-17-10-12-18(13-11-17)16(2)3/h10-13,16H,7-9,14-15H2,1-6H3,(H,23,26)(H2,22,24,25). The van der Waals surface area contributed by atoms with Crippen molar-refractivity contribution >= 4 is 11.9 Å². The molecule has 1 aromatic carbocycles. The van der Waals surface area contributed by atoms with E-state index in [9.17, 15) is 4.79 Å². The molecule has 0 aliphatic rings. The first-order valence-electron chi connectivity index (χ1n) is 9.61. The Bertz CT molecular complexity index is 576. The third-order valence-electron chi connectivity index (χ3n) is 4.45. The van der Waals surface area contributed by atoms with Crippen molar-refractivity contribution in [2.24, 2.45) is 10.4 Å². The maximum absolute atomic E-state index is 12.0. The van der Waals surface area contributed by atoms with Crippen LogP contribution in [0.15, 0.2) is 29.3 Å². The van der Waals surface area contributed by atoms with Crippen molar-refractivity contribution in [2.45, 2.75) is 53.4 Å². The largest absolute Gasteiger partial charge is 0.356 e. The van der Waals surface area contributed by atoms with Crippen molar-refractivity contribution in [1.29, 1.82) is 0 Å². The minimum Gasteiger partial charge on any atom is -0.356 e. The molecule has 26 heavy (non-hydrogen) atoms. The summed E-state index contributed by atoms with van der Waals surface area (Å²) < 4.78 is 0. The van der Waals surface area contributed by atoms with Gasteiger partial charge in [-0.1, -0.05) is 38.1 Å². The zero-order valence-corrected chi connectivity index (χ0v) is 17.3. The van der Waals surface area contributed by atoms with Crippen molar-refractivity contribution < 1.29 is 4.79 Å². The van der Waals surface area contributed by atoms with Gasteiger partial charge in [0.05, 0.1) is 5.41 Å². The maximum atomic E-state index is 12.0. The first-order chi connectivity index (χ1) is 12.3. The van der Waals surface area contributed by atoms with Gasteiger partial charge < -0.3 is 16.0 Å². The lowest BCUT2D eigenvalue weighted by molar-refractivity contribution is -0.128. The van der Waals surface area contributed by atoms with Gasteiger partial charge in [0.1, 0.15) is 0 Å². The van der Waals surface area contributed by atoms with E-state index in [-0.39, 0.29) is 5.91 Å². The number of hydrogen-bond donors (Lipinski definition) is 3. The number of benzene rings is 1. The first-order valence-corrected chi connectivity index (χ1v) is 9.61. The average molecular weight is 361 g/mol. The van der Waals surface area contributed by atoms with Crippen molar-refractivity contribution in [1.82, 2.24) is 16.0 Å². The fraction of sp³-hybridized carbons (Fsp3) is 0.619. The van der Waals surface area contributed by atoms with Crippen LogP contribution in [-0.4, -0.2) is 38.5 Å². The van der Waals surface area contributed by atoms with E-state index >= 15 is 0 Å². The van der Waals surface area contributed by atoms with E-state index in [2.05, 4.69) is 59.1 Å². The van der Waals surface area contributed by atoms with Crippen LogP contribution in [-0.2, 0) is 11.2 Å². The normalized spacial score (nSPS) is 12.2. The van der Waals surface area contributed by atoms with E-state index in [0.29, 0.717) is 19.0 Å². The highest BCUT2D eigenvalue weighted by Crippen LogP contribution is 2.15. The Labute approximate surface area is 159 Å². The summed E-state index contributed by atoms with van der Waals surface area (Å²) >= 11 is 0. The molecule has 0 atom stereocenters. The summed E-state index contributed by atoms with van der Waals surface area (Å²) in [5, 5.41) is 9.44. The molecule has 0 heterocycles.